The fraction of sp³-hybridized carbons (Fsp3) is 0.531. The lowest BCUT2D eigenvalue weighted by Crippen LogP contribution is -2.56. The number of aliphatic hydroxyl groups excluding tert-OH is 1. The molecule has 6 atom stereocenters. The molecule has 3 amide bonds. The SMILES string of the molecule is CCN(CC)c1ccc(NC(=O)C2N([C@@H](CO)CC(C)C)C(=O)[C@@H]3[C@H](C(=O)Nc4ccccc4)[C@@H]4CCC23O4)cc1. The van der Waals surface area contributed by atoms with Crippen molar-refractivity contribution in [3.8, 4) is 0 Å². The number of hydrogen-bond acceptors (Lipinski definition) is 6. The van der Waals surface area contributed by atoms with Crippen LogP contribution >= 0.6 is 0 Å². The Kier molecular flexibility index (Phi) is 8.38. The van der Waals surface area contributed by atoms with E-state index in [0.717, 1.165) is 18.8 Å². The summed E-state index contributed by atoms with van der Waals surface area (Å²) in [6, 6.07) is 15.3. The second kappa shape index (κ2) is 11.8. The van der Waals surface area contributed by atoms with Crippen LogP contribution in [0.25, 0.3) is 0 Å². The number of likely N-dealkylation sites (tertiary alicyclic amines) is 1. The summed E-state index contributed by atoms with van der Waals surface area (Å²) in [6.07, 6.45) is 1.16. The number of anilines is 3. The molecule has 2 aromatic rings. The topological polar surface area (TPSA) is 111 Å². The second-order valence-corrected chi connectivity index (χ2v) is 11.8. The number of carbonyl (C=O) groups excluding carboxylic acids is 3. The van der Waals surface area contributed by atoms with E-state index in [4.69, 9.17) is 4.74 Å². The number of amides is 3. The Balaban J connectivity index is 1.47. The lowest BCUT2D eigenvalue weighted by Gasteiger charge is -2.37. The van der Waals surface area contributed by atoms with Gasteiger partial charge in [-0.15, -0.1) is 0 Å². The van der Waals surface area contributed by atoms with Crippen molar-refractivity contribution in [3.05, 3.63) is 54.6 Å². The van der Waals surface area contributed by atoms with Gasteiger partial charge in [-0.1, -0.05) is 32.0 Å². The van der Waals surface area contributed by atoms with Gasteiger partial charge in [-0.2, -0.15) is 0 Å². The molecule has 220 valence electrons. The summed E-state index contributed by atoms with van der Waals surface area (Å²) in [5, 5.41) is 16.4. The maximum atomic E-state index is 14.2. The fourth-order valence-electron chi connectivity index (χ4n) is 7.21. The van der Waals surface area contributed by atoms with E-state index in [9.17, 15) is 19.5 Å². The maximum Gasteiger partial charge on any atom is 0.250 e. The molecule has 0 saturated carbocycles. The van der Waals surface area contributed by atoms with Crippen LogP contribution < -0.4 is 15.5 Å². The molecular formula is C32H42N4O5. The maximum absolute atomic E-state index is 14.2. The highest BCUT2D eigenvalue weighted by Gasteiger charge is 2.75. The number of nitrogens with zero attached hydrogens (tertiary/aromatic N) is 2. The van der Waals surface area contributed by atoms with Gasteiger partial charge in [0.05, 0.1) is 30.6 Å². The number of fused-ring (bicyclic) bond motifs is 1. The van der Waals surface area contributed by atoms with E-state index in [1.165, 1.54) is 4.90 Å². The summed E-state index contributed by atoms with van der Waals surface area (Å²) in [5.74, 6) is -2.27. The van der Waals surface area contributed by atoms with E-state index < -0.39 is 35.6 Å². The monoisotopic (exact) mass is 562 g/mol. The van der Waals surface area contributed by atoms with Crippen LogP contribution in [0.1, 0.15) is 47.0 Å². The molecule has 2 bridgehead atoms. The molecule has 3 aliphatic heterocycles. The Morgan fingerprint density at radius 1 is 1.02 bits per heavy atom. The lowest BCUT2D eigenvalue weighted by atomic mass is 9.70. The molecule has 3 saturated heterocycles. The van der Waals surface area contributed by atoms with Gasteiger partial charge in [-0.25, -0.2) is 0 Å². The molecule has 9 nitrogen and oxygen atoms in total. The second-order valence-electron chi connectivity index (χ2n) is 11.8. The molecule has 5 rings (SSSR count). The average molecular weight is 563 g/mol. The van der Waals surface area contributed by atoms with Crippen molar-refractivity contribution >= 4 is 34.8 Å². The molecular weight excluding hydrogens is 520 g/mol. The molecule has 3 fully saturated rings. The predicted molar refractivity (Wildman–Crippen MR) is 158 cm³/mol. The number of nitrogens with one attached hydrogen (secondary N) is 2. The van der Waals surface area contributed by atoms with Crippen LogP contribution in [0.5, 0.6) is 0 Å². The molecule has 0 aliphatic carbocycles. The third-order valence-electron chi connectivity index (χ3n) is 8.94. The van der Waals surface area contributed by atoms with E-state index in [2.05, 4.69) is 29.4 Å². The quantitative estimate of drug-likeness (QED) is 0.383. The van der Waals surface area contributed by atoms with Gasteiger partial charge >= 0.3 is 0 Å². The minimum absolute atomic E-state index is 0.184. The number of aliphatic hydroxyl groups is 1. The van der Waals surface area contributed by atoms with Gasteiger partial charge in [0.2, 0.25) is 17.7 Å². The Morgan fingerprint density at radius 2 is 1.66 bits per heavy atom. The molecule has 1 spiro atoms. The third kappa shape index (κ3) is 5.21. The van der Waals surface area contributed by atoms with Gasteiger partial charge in [0.25, 0.3) is 0 Å². The van der Waals surface area contributed by atoms with Crippen molar-refractivity contribution in [2.24, 2.45) is 17.8 Å². The van der Waals surface area contributed by atoms with Crippen LogP contribution in [0.4, 0.5) is 17.1 Å². The van der Waals surface area contributed by atoms with Gasteiger partial charge in [0.15, 0.2) is 0 Å². The van der Waals surface area contributed by atoms with Gasteiger partial charge in [0.1, 0.15) is 11.6 Å². The standard InChI is InChI=1S/C32H42N4O5/c1-5-35(6-2)23-14-12-22(13-15-23)34-30(39)28-32-17-16-25(41-32)26(29(38)33-21-10-8-7-9-11-21)27(32)31(40)36(28)24(19-37)18-20(3)4/h7-15,20,24-28,37H,5-6,16-19H2,1-4H3,(H,33,38)(H,34,39)/t24-,25+,26-,27+,28?,32?/m1/s1. The zero-order valence-electron chi connectivity index (χ0n) is 24.4. The molecule has 3 heterocycles. The zero-order chi connectivity index (χ0) is 29.3. The number of hydrogen-bond donors (Lipinski definition) is 3. The summed E-state index contributed by atoms with van der Waals surface area (Å²) in [5.41, 5.74) is 1.20. The third-order valence-corrected chi connectivity index (χ3v) is 8.94. The molecule has 0 aromatic heterocycles. The Bertz CT molecular complexity index is 1250. The van der Waals surface area contributed by atoms with E-state index in [-0.39, 0.29) is 30.2 Å². The van der Waals surface area contributed by atoms with Gasteiger partial charge < -0.3 is 30.3 Å². The summed E-state index contributed by atoms with van der Waals surface area (Å²) in [7, 11) is 0. The summed E-state index contributed by atoms with van der Waals surface area (Å²) < 4.78 is 6.53. The van der Waals surface area contributed by atoms with Gasteiger partial charge in [0, 0.05) is 30.2 Å². The van der Waals surface area contributed by atoms with E-state index in [0.29, 0.717) is 30.6 Å². The van der Waals surface area contributed by atoms with Crippen molar-refractivity contribution in [3.63, 3.8) is 0 Å². The Morgan fingerprint density at radius 3 is 2.27 bits per heavy atom. The molecule has 2 aromatic carbocycles. The minimum atomic E-state index is -1.13. The summed E-state index contributed by atoms with van der Waals surface area (Å²) >= 11 is 0. The number of ether oxygens (including phenoxy) is 1. The Labute approximate surface area is 242 Å². The van der Waals surface area contributed by atoms with Gasteiger partial charge in [-0.05, 0) is 75.4 Å². The highest BCUT2D eigenvalue weighted by Crippen LogP contribution is 2.59. The van der Waals surface area contributed by atoms with E-state index >= 15 is 0 Å². The molecule has 3 aliphatic rings. The average Bonchev–Trinajstić information content (AvgIpc) is 3.61. The van der Waals surface area contributed by atoms with Crippen molar-refractivity contribution in [1.29, 1.82) is 0 Å². The molecule has 9 heteroatoms. The van der Waals surface area contributed by atoms with Crippen molar-refractivity contribution in [2.45, 2.75) is 70.7 Å². The summed E-state index contributed by atoms with van der Waals surface area (Å²) in [6.45, 7) is 9.71. The van der Waals surface area contributed by atoms with Crippen LogP contribution in [0, 0.1) is 17.8 Å². The van der Waals surface area contributed by atoms with E-state index in [1.54, 1.807) is 12.1 Å². The van der Waals surface area contributed by atoms with Crippen molar-refractivity contribution in [1.82, 2.24) is 4.90 Å². The number of carbonyl (C=O) groups is 3. The summed E-state index contributed by atoms with van der Waals surface area (Å²) in [4.78, 5) is 45.7. The fourth-order valence-corrected chi connectivity index (χ4v) is 7.21. The highest BCUT2D eigenvalue weighted by molar-refractivity contribution is 6.05. The molecule has 41 heavy (non-hydrogen) atoms. The van der Waals surface area contributed by atoms with Crippen LogP contribution in [0.3, 0.4) is 0 Å². The number of para-hydroxylation sites is 1. The van der Waals surface area contributed by atoms with Crippen LogP contribution in [0.2, 0.25) is 0 Å². The first-order chi connectivity index (χ1) is 19.7. The van der Waals surface area contributed by atoms with Crippen LogP contribution in [-0.4, -0.2) is 71.2 Å². The predicted octanol–water partition coefficient (Wildman–Crippen LogP) is 3.89. The minimum Gasteiger partial charge on any atom is -0.394 e. The number of benzene rings is 2. The Hall–Kier alpha value is -3.43. The first-order valence-corrected chi connectivity index (χ1v) is 14.9. The molecule has 3 N–H and O–H groups in total. The van der Waals surface area contributed by atoms with Crippen LogP contribution in [0.15, 0.2) is 54.6 Å². The van der Waals surface area contributed by atoms with E-state index in [1.807, 2.05) is 56.3 Å². The lowest BCUT2D eigenvalue weighted by molar-refractivity contribution is -0.143. The van der Waals surface area contributed by atoms with Crippen LogP contribution in [-0.2, 0) is 19.1 Å². The number of rotatable bonds is 11. The van der Waals surface area contributed by atoms with Crippen molar-refractivity contribution < 1.29 is 24.2 Å². The highest BCUT2D eigenvalue weighted by atomic mass is 16.5. The van der Waals surface area contributed by atoms with Crippen molar-refractivity contribution in [2.75, 3.05) is 35.2 Å². The molecule has 0 radical (unpaired) electrons. The molecule has 2 unspecified atom stereocenters. The zero-order valence-corrected chi connectivity index (χ0v) is 24.4. The van der Waals surface area contributed by atoms with Gasteiger partial charge in [-0.3, -0.25) is 14.4 Å². The normalized spacial score (nSPS) is 27.2. The first-order valence-electron chi connectivity index (χ1n) is 14.9. The largest absolute Gasteiger partial charge is 0.394 e. The first kappa shape index (κ1) is 29.1. The smallest absolute Gasteiger partial charge is 0.250 e.